The van der Waals surface area contributed by atoms with E-state index in [2.05, 4.69) is 10.3 Å². The van der Waals surface area contributed by atoms with E-state index in [-0.39, 0.29) is 23.1 Å². The van der Waals surface area contributed by atoms with Crippen LogP contribution in [0.2, 0.25) is 0 Å². The van der Waals surface area contributed by atoms with Crippen molar-refractivity contribution >= 4 is 40.3 Å². The smallest absolute Gasteiger partial charge is 0.260 e. The van der Waals surface area contributed by atoms with Crippen molar-refractivity contribution in [2.45, 2.75) is 19.4 Å². The maximum atomic E-state index is 12.4. The van der Waals surface area contributed by atoms with E-state index in [4.69, 9.17) is 5.73 Å². The predicted octanol–water partition coefficient (Wildman–Crippen LogP) is 2.14. The number of primary amides is 1. The van der Waals surface area contributed by atoms with Crippen molar-refractivity contribution in [2.24, 2.45) is 5.73 Å². The second-order valence-electron chi connectivity index (χ2n) is 5.53. The number of amides is 3. The van der Waals surface area contributed by atoms with Gasteiger partial charge in [0.05, 0.1) is 18.7 Å². The molecular weight excluding hydrogens is 340 g/mol. The number of fused-ring (bicyclic) bond motifs is 1. The predicted molar refractivity (Wildman–Crippen MR) is 94.6 cm³/mol. The monoisotopic (exact) mass is 356 g/mol. The van der Waals surface area contributed by atoms with Gasteiger partial charge in [0.1, 0.15) is 4.88 Å². The summed E-state index contributed by atoms with van der Waals surface area (Å²) in [4.78, 5) is 41.2. The highest BCUT2D eigenvalue weighted by Crippen LogP contribution is 2.33. The summed E-state index contributed by atoms with van der Waals surface area (Å²) >= 11 is 1.01. The Morgan fingerprint density at radius 2 is 2.08 bits per heavy atom. The molecular formula is C17H16N4O3S. The number of nitrogens with zero attached hydrogens (tertiary/aromatic N) is 2. The van der Waals surface area contributed by atoms with E-state index in [1.807, 2.05) is 30.3 Å². The van der Waals surface area contributed by atoms with E-state index in [9.17, 15) is 14.4 Å². The molecule has 1 unspecified atom stereocenters. The fourth-order valence-electron chi connectivity index (χ4n) is 2.70. The van der Waals surface area contributed by atoms with Crippen molar-refractivity contribution in [3.8, 4) is 0 Å². The lowest BCUT2D eigenvalue weighted by atomic mass is 9.93. The minimum absolute atomic E-state index is 0.0758. The minimum atomic E-state index is -0.591. The van der Waals surface area contributed by atoms with Crippen LogP contribution in [0, 0.1) is 0 Å². The standard InChI is InChI=1S/C17H16N4O3S/c1-10(22)21-7-6-11-4-2-3-5-12(11)13(21)8-15(23)20-17-19-9-14(25-17)16(18)24/h2-7,9,13H,8H2,1H3,(H2,18,24)(H,19,20,23). The number of nitrogens with two attached hydrogens (primary N) is 1. The van der Waals surface area contributed by atoms with E-state index in [1.54, 1.807) is 11.1 Å². The van der Waals surface area contributed by atoms with Crippen LogP contribution in [0.1, 0.15) is 40.2 Å². The Morgan fingerprint density at radius 1 is 1.32 bits per heavy atom. The molecule has 0 bridgehead atoms. The number of hydrogen-bond donors (Lipinski definition) is 2. The zero-order valence-corrected chi connectivity index (χ0v) is 14.2. The Morgan fingerprint density at radius 3 is 2.76 bits per heavy atom. The average Bonchev–Trinajstić information content (AvgIpc) is 3.03. The summed E-state index contributed by atoms with van der Waals surface area (Å²) in [6, 6.07) is 7.23. The molecule has 0 fully saturated rings. The maximum absolute atomic E-state index is 12.4. The topological polar surface area (TPSA) is 105 Å². The van der Waals surface area contributed by atoms with Gasteiger partial charge in [0.25, 0.3) is 5.91 Å². The van der Waals surface area contributed by atoms with Crippen molar-refractivity contribution in [1.29, 1.82) is 0 Å². The highest BCUT2D eigenvalue weighted by Gasteiger charge is 2.28. The second-order valence-corrected chi connectivity index (χ2v) is 6.56. The molecule has 0 radical (unpaired) electrons. The van der Waals surface area contributed by atoms with Crippen LogP contribution in [0.4, 0.5) is 5.13 Å². The molecule has 1 aliphatic rings. The Balaban J connectivity index is 1.78. The third kappa shape index (κ3) is 3.58. The van der Waals surface area contributed by atoms with Gasteiger partial charge in [-0.2, -0.15) is 0 Å². The quantitative estimate of drug-likeness (QED) is 0.875. The van der Waals surface area contributed by atoms with E-state index in [0.717, 1.165) is 22.5 Å². The lowest BCUT2D eigenvalue weighted by molar-refractivity contribution is -0.129. The molecule has 0 aliphatic carbocycles. The molecule has 2 heterocycles. The van der Waals surface area contributed by atoms with Crippen molar-refractivity contribution in [3.63, 3.8) is 0 Å². The minimum Gasteiger partial charge on any atom is -0.365 e. The number of thiazole rings is 1. The lowest BCUT2D eigenvalue weighted by Gasteiger charge is -2.32. The fraction of sp³-hybridized carbons (Fsp3) is 0.176. The van der Waals surface area contributed by atoms with Crippen molar-refractivity contribution in [3.05, 3.63) is 52.7 Å². The number of hydrogen-bond acceptors (Lipinski definition) is 5. The van der Waals surface area contributed by atoms with Gasteiger partial charge in [-0.1, -0.05) is 35.6 Å². The normalized spacial score (nSPS) is 15.6. The molecule has 1 aromatic carbocycles. The first-order valence-electron chi connectivity index (χ1n) is 7.57. The molecule has 0 spiro atoms. The largest absolute Gasteiger partial charge is 0.365 e. The first-order valence-corrected chi connectivity index (χ1v) is 8.39. The molecule has 1 aromatic heterocycles. The maximum Gasteiger partial charge on any atom is 0.260 e. The van der Waals surface area contributed by atoms with Gasteiger partial charge in [-0.3, -0.25) is 14.4 Å². The van der Waals surface area contributed by atoms with Crippen LogP contribution >= 0.6 is 11.3 Å². The number of anilines is 1. The molecule has 3 amide bonds. The highest BCUT2D eigenvalue weighted by molar-refractivity contribution is 7.17. The number of nitrogens with one attached hydrogen (secondary N) is 1. The molecule has 2 aromatic rings. The highest BCUT2D eigenvalue weighted by atomic mass is 32.1. The Labute approximate surface area is 148 Å². The molecule has 128 valence electrons. The van der Waals surface area contributed by atoms with Gasteiger partial charge in [0, 0.05) is 13.1 Å². The van der Waals surface area contributed by atoms with E-state index in [1.165, 1.54) is 13.1 Å². The van der Waals surface area contributed by atoms with E-state index >= 15 is 0 Å². The van der Waals surface area contributed by atoms with Gasteiger partial charge in [-0.05, 0) is 17.2 Å². The molecule has 7 nitrogen and oxygen atoms in total. The molecule has 25 heavy (non-hydrogen) atoms. The molecule has 8 heteroatoms. The summed E-state index contributed by atoms with van der Waals surface area (Å²) in [5, 5.41) is 2.95. The number of benzene rings is 1. The third-order valence-corrected chi connectivity index (χ3v) is 4.77. The van der Waals surface area contributed by atoms with Crippen LogP contribution < -0.4 is 11.1 Å². The fourth-order valence-corrected chi connectivity index (χ4v) is 3.39. The second kappa shape index (κ2) is 6.86. The Hall–Kier alpha value is -3.00. The van der Waals surface area contributed by atoms with Crippen molar-refractivity contribution < 1.29 is 14.4 Å². The Kier molecular flexibility index (Phi) is 4.62. The van der Waals surface area contributed by atoms with Crippen LogP contribution in [0.15, 0.2) is 36.7 Å². The molecule has 3 N–H and O–H groups in total. The van der Waals surface area contributed by atoms with Gasteiger partial charge in [-0.25, -0.2) is 4.98 Å². The number of rotatable bonds is 4. The van der Waals surface area contributed by atoms with Gasteiger partial charge in [-0.15, -0.1) is 0 Å². The van der Waals surface area contributed by atoms with Crippen molar-refractivity contribution in [2.75, 3.05) is 5.32 Å². The molecule has 0 saturated heterocycles. The summed E-state index contributed by atoms with van der Waals surface area (Å²) in [7, 11) is 0. The van der Waals surface area contributed by atoms with E-state index < -0.39 is 11.9 Å². The summed E-state index contributed by atoms with van der Waals surface area (Å²) in [6.07, 6.45) is 4.94. The van der Waals surface area contributed by atoms with Crippen molar-refractivity contribution in [1.82, 2.24) is 9.88 Å². The molecule has 1 aliphatic heterocycles. The van der Waals surface area contributed by atoms with E-state index in [0.29, 0.717) is 5.13 Å². The third-order valence-electron chi connectivity index (χ3n) is 3.84. The molecule has 3 rings (SSSR count). The summed E-state index contributed by atoms with van der Waals surface area (Å²) in [6.45, 7) is 1.46. The first kappa shape index (κ1) is 16.8. The zero-order chi connectivity index (χ0) is 18.0. The van der Waals surface area contributed by atoms with Crippen LogP contribution in [0.3, 0.4) is 0 Å². The number of carbonyl (C=O) groups is 3. The first-order chi connectivity index (χ1) is 12.0. The summed E-state index contributed by atoms with van der Waals surface area (Å²) in [5.41, 5.74) is 7.06. The van der Waals surface area contributed by atoms with Gasteiger partial charge >= 0.3 is 0 Å². The lowest BCUT2D eigenvalue weighted by Crippen LogP contribution is -2.33. The molecule has 0 saturated carbocycles. The van der Waals surface area contributed by atoms with Crippen LogP contribution in [-0.2, 0) is 9.59 Å². The Bertz CT molecular complexity index is 874. The van der Waals surface area contributed by atoms with Crippen LogP contribution in [0.5, 0.6) is 0 Å². The van der Waals surface area contributed by atoms with Crippen LogP contribution in [-0.4, -0.2) is 27.6 Å². The van der Waals surface area contributed by atoms with Crippen LogP contribution in [0.25, 0.3) is 6.08 Å². The van der Waals surface area contributed by atoms with Gasteiger partial charge in [0.15, 0.2) is 5.13 Å². The average molecular weight is 356 g/mol. The summed E-state index contributed by atoms with van der Waals surface area (Å²) < 4.78 is 0. The van der Waals surface area contributed by atoms with Gasteiger partial charge < -0.3 is 16.0 Å². The van der Waals surface area contributed by atoms with Gasteiger partial charge in [0.2, 0.25) is 11.8 Å². The number of aromatic nitrogens is 1. The SMILES string of the molecule is CC(=O)N1C=Cc2ccccc2C1CC(=O)Nc1ncc(C(N)=O)s1. The zero-order valence-electron chi connectivity index (χ0n) is 13.4. The number of carbonyl (C=O) groups excluding carboxylic acids is 3. The summed E-state index contributed by atoms with van der Waals surface area (Å²) in [5.74, 6) is -1.03. The molecule has 1 atom stereocenters.